The van der Waals surface area contributed by atoms with Gasteiger partial charge in [0.2, 0.25) is 0 Å². The van der Waals surface area contributed by atoms with Crippen molar-refractivity contribution in [2.24, 2.45) is 0 Å². The van der Waals surface area contributed by atoms with E-state index in [0.717, 1.165) is 13.0 Å². The number of hydrogen-bond donors (Lipinski definition) is 1. The van der Waals surface area contributed by atoms with Gasteiger partial charge in [0.05, 0.1) is 0 Å². The van der Waals surface area contributed by atoms with Crippen LogP contribution < -0.4 is 29.6 Å². The van der Waals surface area contributed by atoms with Gasteiger partial charge in [-0.15, -0.1) is 0 Å². The molecule has 0 aromatic heterocycles. The molecule has 3 heteroatoms. The van der Waals surface area contributed by atoms with Gasteiger partial charge in [0.1, 0.15) is 6.23 Å². The SMILES string of the molecule is CCCCCN(C)C(O)CC.[H-].[Na+]. The van der Waals surface area contributed by atoms with E-state index in [2.05, 4.69) is 6.92 Å². The molecule has 0 saturated heterocycles. The Hall–Kier alpha value is 0.920. The molecule has 0 amide bonds. The zero-order valence-corrected chi connectivity index (χ0v) is 11.0. The molecule has 2 nitrogen and oxygen atoms in total. The van der Waals surface area contributed by atoms with Gasteiger partial charge in [-0.1, -0.05) is 26.7 Å². The molecule has 0 aliphatic rings. The molecule has 0 bridgehead atoms. The number of aliphatic hydroxyl groups excluding tert-OH is 1. The minimum atomic E-state index is -0.244. The summed E-state index contributed by atoms with van der Waals surface area (Å²) in [5.74, 6) is 0. The van der Waals surface area contributed by atoms with E-state index in [4.69, 9.17) is 0 Å². The largest absolute Gasteiger partial charge is 1.00 e. The predicted molar refractivity (Wildman–Crippen MR) is 49.6 cm³/mol. The first-order valence-electron chi connectivity index (χ1n) is 4.60. The number of unbranched alkanes of at least 4 members (excludes halogenated alkanes) is 2. The Morgan fingerprint density at radius 2 is 1.92 bits per heavy atom. The smallest absolute Gasteiger partial charge is 1.00 e. The van der Waals surface area contributed by atoms with Crippen molar-refractivity contribution in [3.8, 4) is 0 Å². The first kappa shape index (κ1) is 15.4. The van der Waals surface area contributed by atoms with Gasteiger partial charge in [0.15, 0.2) is 0 Å². The molecule has 1 unspecified atom stereocenters. The van der Waals surface area contributed by atoms with Gasteiger partial charge in [-0.25, -0.2) is 0 Å². The summed E-state index contributed by atoms with van der Waals surface area (Å²) in [7, 11) is 1.98. The monoisotopic (exact) mass is 183 g/mol. The van der Waals surface area contributed by atoms with E-state index in [0.29, 0.717) is 0 Å². The second kappa shape index (κ2) is 10.0. The third-order valence-corrected chi connectivity index (χ3v) is 1.99. The van der Waals surface area contributed by atoms with Crippen LogP contribution >= 0.6 is 0 Å². The van der Waals surface area contributed by atoms with E-state index in [1.54, 1.807) is 0 Å². The molecular weight excluding hydrogens is 161 g/mol. The third-order valence-electron chi connectivity index (χ3n) is 1.99. The maximum absolute atomic E-state index is 9.35. The van der Waals surface area contributed by atoms with Gasteiger partial charge in [-0.05, 0) is 19.9 Å². The Morgan fingerprint density at radius 3 is 2.33 bits per heavy atom. The topological polar surface area (TPSA) is 23.5 Å². The minimum absolute atomic E-state index is 0. The number of nitrogens with zero attached hydrogens (tertiary/aromatic N) is 1. The molecule has 12 heavy (non-hydrogen) atoms. The van der Waals surface area contributed by atoms with E-state index in [1.807, 2.05) is 18.9 Å². The molecule has 0 fully saturated rings. The summed E-state index contributed by atoms with van der Waals surface area (Å²) in [5.41, 5.74) is 0. The molecule has 0 heterocycles. The van der Waals surface area contributed by atoms with Gasteiger partial charge in [0.25, 0.3) is 0 Å². The average molecular weight is 183 g/mol. The molecule has 0 rings (SSSR count). The molecule has 0 aromatic carbocycles. The fourth-order valence-electron chi connectivity index (χ4n) is 1.07. The Labute approximate surface area is 100 Å². The van der Waals surface area contributed by atoms with Crippen molar-refractivity contribution < 1.29 is 36.1 Å². The summed E-state index contributed by atoms with van der Waals surface area (Å²) in [6.45, 7) is 5.21. The minimum Gasteiger partial charge on any atom is -1.00 e. The standard InChI is InChI=1S/C9H21NO.Na.H/c1-4-6-7-8-10(3)9(11)5-2;;/h9,11H,4-8H2,1-3H3;;/q;+1;-1. The van der Waals surface area contributed by atoms with Crippen LogP contribution in [0.4, 0.5) is 0 Å². The summed E-state index contributed by atoms with van der Waals surface area (Å²) in [6, 6.07) is 0. The van der Waals surface area contributed by atoms with E-state index in [9.17, 15) is 5.11 Å². The van der Waals surface area contributed by atoms with Crippen LogP contribution in [0.3, 0.4) is 0 Å². The van der Waals surface area contributed by atoms with Crippen molar-refractivity contribution in [3.05, 3.63) is 0 Å². The normalized spacial score (nSPS) is 12.8. The number of hydrogen-bond acceptors (Lipinski definition) is 2. The number of rotatable bonds is 6. The Bertz CT molecular complexity index is 95.7. The summed E-state index contributed by atoms with van der Waals surface area (Å²) >= 11 is 0. The molecule has 70 valence electrons. The maximum Gasteiger partial charge on any atom is 1.00 e. The summed E-state index contributed by atoms with van der Waals surface area (Å²) in [4.78, 5) is 2.01. The second-order valence-electron chi connectivity index (χ2n) is 3.08. The van der Waals surface area contributed by atoms with Crippen LogP contribution in [0.15, 0.2) is 0 Å². The average Bonchev–Trinajstić information content (AvgIpc) is 2.03. The van der Waals surface area contributed by atoms with Crippen molar-refractivity contribution >= 4 is 0 Å². The number of aliphatic hydroxyl groups is 1. The predicted octanol–water partition coefficient (Wildman–Crippen LogP) is -1.05. The van der Waals surface area contributed by atoms with E-state index < -0.39 is 0 Å². The quantitative estimate of drug-likeness (QED) is 0.323. The van der Waals surface area contributed by atoms with Crippen LogP contribution in [-0.2, 0) is 0 Å². The van der Waals surface area contributed by atoms with Gasteiger partial charge < -0.3 is 6.53 Å². The van der Waals surface area contributed by atoms with Crippen molar-refractivity contribution in [2.75, 3.05) is 13.6 Å². The fraction of sp³-hybridized carbons (Fsp3) is 1.00. The van der Waals surface area contributed by atoms with Crippen LogP contribution in [-0.4, -0.2) is 29.8 Å². The molecule has 0 spiro atoms. The van der Waals surface area contributed by atoms with Crippen LogP contribution in [0, 0.1) is 0 Å². The molecule has 0 aliphatic heterocycles. The van der Waals surface area contributed by atoms with Gasteiger partial charge >= 0.3 is 29.6 Å². The zero-order chi connectivity index (χ0) is 8.69. The second-order valence-corrected chi connectivity index (χ2v) is 3.08. The first-order chi connectivity index (χ1) is 5.22. The van der Waals surface area contributed by atoms with Crippen LogP contribution in [0.2, 0.25) is 0 Å². The van der Waals surface area contributed by atoms with E-state index in [1.165, 1.54) is 19.3 Å². The van der Waals surface area contributed by atoms with Gasteiger partial charge in [-0.2, -0.15) is 0 Å². The van der Waals surface area contributed by atoms with Gasteiger partial charge in [-0.3, -0.25) is 4.90 Å². The molecule has 1 atom stereocenters. The van der Waals surface area contributed by atoms with E-state index >= 15 is 0 Å². The molecule has 0 aliphatic carbocycles. The summed E-state index contributed by atoms with van der Waals surface area (Å²) in [6.07, 6.45) is 4.29. The first-order valence-corrected chi connectivity index (χ1v) is 4.60. The molecule has 0 saturated carbocycles. The summed E-state index contributed by atoms with van der Waals surface area (Å²) in [5, 5.41) is 9.35. The van der Waals surface area contributed by atoms with Crippen LogP contribution in [0.5, 0.6) is 0 Å². The van der Waals surface area contributed by atoms with Crippen LogP contribution in [0.25, 0.3) is 0 Å². The van der Waals surface area contributed by atoms with Gasteiger partial charge in [0, 0.05) is 6.54 Å². The Kier molecular flexibility index (Phi) is 12.8. The van der Waals surface area contributed by atoms with Crippen LogP contribution in [0.1, 0.15) is 41.0 Å². The van der Waals surface area contributed by atoms with Crippen molar-refractivity contribution in [2.45, 2.75) is 45.8 Å². The molecule has 1 N–H and O–H groups in total. The summed E-state index contributed by atoms with van der Waals surface area (Å²) < 4.78 is 0. The van der Waals surface area contributed by atoms with Crippen molar-refractivity contribution in [1.29, 1.82) is 0 Å². The fourth-order valence-corrected chi connectivity index (χ4v) is 1.07. The van der Waals surface area contributed by atoms with Crippen molar-refractivity contribution in [1.82, 2.24) is 4.90 Å². The van der Waals surface area contributed by atoms with Crippen molar-refractivity contribution in [3.63, 3.8) is 0 Å². The third kappa shape index (κ3) is 7.56. The Morgan fingerprint density at radius 1 is 1.33 bits per heavy atom. The molecule has 0 radical (unpaired) electrons. The Balaban J connectivity index is -0.000000500. The molecule has 0 aromatic rings. The zero-order valence-electron chi connectivity index (χ0n) is 10.0. The van der Waals surface area contributed by atoms with E-state index in [-0.39, 0.29) is 37.2 Å². The molecular formula is C9H22NNaO. The maximum atomic E-state index is 9.35.